The third kappa shape index (κ3) is 6.79. The number of aldehydes is 1. The van der Waals surface area contributed by atoms with Crippen LogP contribution in [0, 0.1) is 0 Å². The number of nitrogens with zero attached hydrogens (tertiary/aromatic N) is 2. The maximum Gasteiger partial charge on any atom is 0.272 e. The fraction of sp³-hybridized carbons (Fsp3) is 0.172. The summed E-state index contributed by atoms with van der Waals surface area (Å²) >= 11 is 12.2. The van der Waals surface area contributed by atoms with Gasteiger partial charge < -0.3 is 21.2 Å². The Morgan fingerprint density at radius 2 is 1.68 bits per heavy atom. The third-order valence-corrected chi connectivity index (χ3v) is 6.81. The highest BCUT2D eigenvalue weighted by Gasteiger charge is 2.34. The van der Waals surface area contributed by atoms with Crippen molar-refractivity contribution in [1.29, 1.82) is 0 Å². The molecule has 3 amide bonds. The molecule has 0 aliphatic carbocycles. The molecule has 1 aliphatic rings. The number of rotatable bonds is 9. The normalized spacial score (nSPS) is 15.2. The summed E-state index contributed by atoms with van der Waals surface area (Å²) in [6.45, 7) is 0.788. The van der Waals surface area contributed by atoms with Crippen molar-refractivity contribution in [3.8, 4) is 0 Å². The number of halogens is 2. The van der Waals surface area contributed by atoms with E-state index in [1.807, 2.05) is 6.07 Å². The van der Waals surface area contributed by atoms with Crippen molar-refractivity contribution < 1.29 is 24.0 Å². The van der Waals surface area contributed by atoms with E-state index in [4.69, 9.17) is 28.9 Å². The van der Waals surface area contributed by atoms with E-state index in [-0.39, 0.29) is 33.5 Å². The standard InChI is InChI=1S/C29H25Cl2N5O5/c1-16(38)11-19(15-37)33-24(39)14-36-23-10-6-5-9-20(23)26(17-7-3-2-4-8-17)34-27(29(36)41)35-28(40)18-12-21(30)25(32)22(31)13-18/h2-10,12-13,15,19,27H,11,14,32H2,1H3,(H,33,39)(H,35,40)/t19-,27?/m0/s1. The average molecular weight is 594 g/mol. The van der Waals surface area contributed by atoms with E-state index >= 15 is 0 Å². The molecule has 0 bridgehead atoms. The zero-order chi connectivity index (χ0) is 29.7. The highest BCUT2D eigenvalue weighted by molar-refractivity contribution is 6.39. The fourth-order valence-corrected chi connectivity index (χ4v) is 4.76. The smallest absolute Gasteiger partial charge is 0.272 e. The summed E-state index contributed by atoms with van der Waals surface area (Å²) in [6.07, 6.45) is -1.20. The van der Waals surface area contributed by atoms with E-state index in [0.717, 1.165) is 0 Å². The monoisotopic (exact) mass is 593 g/mol. The highest BCUT2D eigenvalue weighted by atomic mass is 35.5. The zero-order valence-electron chi connectivity index (χ0n) is 21.8. The van der Waals surface area contributed by atoms with Gasteiger partial charge in [-0.2, -0.15) is 0 Å². The first-order valence-corrected chi connectivity index (χ1v) is 13.2. The van der Waals surface area contributed by atoms with E-state index in [2.05, 4.69) is 15.6 Å². The van der Waals surface area contributed by atoms with Crippen molar-refractivity contribution in [3.63, 3.8) is 0 Å². The van der Waals surface area contributed by atoms with E-state index in [9.17, 15) is 24.0 Å². The van der Waals surface area contributed by atoms with Gasteiger partial charge in [-0.25, -0.2) is 4.99 Å². The maximum atomic E-state index is 13.9. The molecule has 1 unspecified atom stereocenters. The van der Waals surface area contributed by atoms with E-state index in [0.29, 0.717) is 28.8 Å². The highest BCUT2D eigenvalue weighted by Crippen LogP contribution is 2.30. The molecule has 1 aliphatic heterocycles. The molecule has 0 aromatic heterocycles. The van der Waals surface area contributed by atoms with Gasteiger partial charge in [-0.15, -0.1) is 0 Å². The quantitative estimate of drug-likeness (QED) is 0.256. The van der Waals surface area contributed by atoms with Crippen molar-refractivity contribution in [2.75, 3.05) is 17.2 Å². The molecule has 3 aromatic rings. The van der Waals surface area contributed by atoms with Crippen LogP contribution in [0.3, 0.4) is 0 Å². The van der Waals surface area contributed by atoms with E-state index in [1.54, 1.807) is 48.5 Å². The number of benzodiazepines with no additional fused rings is 1. The first-order valence-electron chi connectivity index (χ1n) is 12.4. The van der Waals surface area contributed by atoms with Crippen LogP contribution in [-0.4, -0.2) is 54.3 Å². The number of para-hydroxylation sites is 1. The molecule has 4 N–H and O–H groups in total. The summed E-state index contributed by atoms with van der Waals surface area (Å²) in [5.74, 6) is -2.39. The lowest BCUT2D eigenvalue weighted by Gasteiger charge is -2.25. The van der Waals surface area contributed by atoms with Crippen LogP contribution in [0.4, 0.5) is 11.4 Å². The van der Waals surface area contributed by atoms with Gasteiger partial charge in [-0.05, 0) is 25.1 Å². The lowest BCUT2D eigenvalue weighted by atomic mass is 10.0. The van der Waals surface area contributed by atoms with Gasteiger partial charge in [0.1, 0.15) is 18.6 Å². The number of ketones is 1. The molecule has 1 heterocycles. The minimum Gasteiger partial charge on any atom is -0.396 e. The van der Waals surface area contributed by atoms with Crippen molar-refractivity contribution in [3.05, 3.63) is 93.5 Å². The number of benzene rings is 3. The van der Waals surface area contributed by atoms with E-state index < -0.39 is 36.5 Å². The van der Waals surface area contributed by atoms with Crippen LogP contribution < -0.4 is 21.3 Å². The molecule has 0 spiro atoms. The molecule has 2 atom stereocenters. The number of amides is 3. The Morgan fingerprint density at radius 3 is 2.32 bits per heavy atom. The van der Waals surface area contributed by atoms with Crippen molar-refractivity contribution in [1.82, 2.24) is 10.6 Å². The van der Waals surface area contributed by atoms with E-state index in [1.165, 1.54) is 24.0 Å². The number of aliphatic imine (C=N–C) groups is 1. The largest absolute Gasteiger partial charge is 0.396 e. The van der Waals surface area contributed by atoms with Crippen LogP contribution in [0.2, 0.25) is 10.0 Å². The summed E-state index contributed by atoms with van der Waals surface area (Å²) in [4.78, 5) is 68.9. The second-order valence-electron chi connectivity index (χ2n) is 9.23. The number of Topliss-reactive ketones (excluding diaryl/α,β-unsaturated/α-hetero) is 1. The Morgan fingerprint density at radius 1 is 1.05 bits per heavy atom. The Kier molecular flexibility index (Phi) is 9.16. The molecule has 3 aromatic carbocycles. The second kappa shape index (κ2) is 12.8. The number of carbonyl (C=O) groups excluding carboxylic acids is 5. The zero-order valence-corrected chi connectivity index (χ0v) is 23.3. The summed E-state index contributed by atoms with van der Waals surface area (Å²) in [7, 11) is 0. The lowest BCUT2D eigenvalue weighted by molar-refractivity contribution is -0.126. The van der Waals surface area contributed by atoms with Crippen LogP contribution in [0.15, 0.2) is 71.7 Å². The van der Waals surface area contributed by atoms with Gasteiger partial charge in [-0.1, -0.05) is 71.7 Å². The van der Waals surface area contributed by atoms with Gasteiger partial charge in [0.05, 0.1) is 33.2 Å². The maximum absolute atomic E-state index is 13.9. The number of carbonyl (C=O) groups is 5. The first-order chi connectivity index (χ1) is 19.6. The Hall–Kier alpha value is -4.54. The minimum absolute atomic E-state index is 0.0440. The number of nitrogens with one attached hydrogen (secondary N) is 2. The SMILES string of the molecule is CC(=O)C[C@@H](C=O)NC(=O)CN1C(=O)C(NC(=O)c2cc(Cl)c(N)c(Cl)c2)N=C(c2ccccc2)c2ccccc21. The predicted octanol–water partition coefficient (Wildman–Crippen LogP) is 3.18. The summed E-state index contributed by atoms with van der Waals surface area (Å²) in [6, 6.07) is 17.5. The van der Waals surface area contributed by atoms with Crippen LogP contribution in [0.25, 0.3) is 0 Å². The van der Waals surface area contributed by atoms with Gasteiger partial charge in [-0.3, -0.25) is 24.1 Å². The van der Waals surface area contributed by atoms with Crippen LogP contribution in [0.1, 0.15) is 34.8 Å². The third-order valence-electron chi connectivity index (χ3n) is 6.18. The van der Waals surface area contributed by atoms with Gasteiger partial charge in [0, 0.05) is 23.1 Å². The number of hydrogen-bond donors (Lipinski definition) is 3. The Balaban J connectivity index is 1.75. The summed E-state index contributed by atoms with van der Waals surface area (Å²) in [5.41, 5.74) is 7.90. The predicted molar refractivity (Wildman–Crippen MR) is 156 cm³/mol. The number of nitrogens with two attached hydrogens (primary N) is 1. The molecule has 210 valence electrons. The Bertz CT molecular complexity index is 1540. The minimum atomic E-state index is -1.47. The van der Waals surface area contributed by atoms with Crippen LogP contribution in [-0.2, 0) is 19.2 Å². The molecule has 41 heavy (non-hydrogen) atoms. The molecular formula is C29H25Cl2N5O5. The van der Waals surface area contributed by atoms with Crippen LogP contribution in [0.5, 0.6) is 0 Å². The number of hydrogen-bond acceptors (Lipinski definition) is 7. The molecule has 0 saturated heterocycles. The molecule has 4 rings (SSSR count). The van der Waals surface area contributed by atoms with Crippen LogP contribution >= 0.6 is 23.2 Å². The van der Waals surface area contributed by atoms with Gasteiger partial charge in [0.2, 0.25) is 12.1 Å². The van der Waals surface area contributed by atoms with Gasteiger partial charge in [0.15, 0.2) is 0 Å². The fourth-order valence-electron chi connectivity index (χ4n) is 4.27. The molecule has 12 heteroatoms. The number of anilines is 2. The Labute approximate surface area is 245 Å². The summed E-state index contributed by atoms with van der Waals surface area (Å²) in [5, 5.41) is 5.20. The lowest BCUT2D eigenvalue weighted by Crippen LogP contribution is -2.51. The molecule has 10 nitrogen and oxygen atoms in total. The number of nitrogen functional groups attached to an aromatic ring is 1. The average Bonchev–Trinajstić information content (AvgIpc) is 3.06. The summed E-state index contributed by atoms with van der Waals surface area (Å²) < 4.78 is 0. The van der Waals surface area contributed by atoms with Crippen molar-refractivity contribution >= 4 is 70.1 Å². The molecule has 0 radical (unpaired) electrons. The topological polar surface area (TPSA) is 151 Å². The number of fused-ring (bicyclic) bond motifs is 1. The van der Waals surface area contributed by atoms with Crippen molar-refractivity contribution in [2.24, 2.45) is 4.99 Å². The van der Waals surface area contributed by atoms with Gasteiger partial charge >= 0.3 is 0 Å². The second-order valence-corrected chi connectivity index (χ2v) is 10.0. The molecule has 0 saturated carbocycles. The first kappa shape index (κ1) is 29.4. The van der Waals surface area contributed by atoms with Gasteiger partial charge in [0.25, 0.3) is 11.8 Å². The molecule has 0 fully saturated rings. The van der Waals surface area contributed by atoms with Crippen molar-refractivity contribution in [2.45, 2.75) is 25.6 Å². The molecular weight excluding hydrogens is 569 g/mol.